The van der Waals surface area contributed by atoms with E-state index >= 15 is 0 Å². The first-order chi connectivity index (χ1) is 12.9. The molecule has 2 aromatic rings. The number of benzene rings is 1. The topological polar surface area (TPSA) is 106 Å². The van der Waals surface area contributed by atoms with E-state index in [1.807, 2.05) is 0 Å². The number of carboxylic acid groups (broad SMARTS) is 1. The third-order valence-corrected chi connectivity index (χ3v) is 5.23. The summed E-state index contributed by atoms with van der Waals surface area (Å²) in [6.07, 6.45) is 1.52. The maximum atomic E-state index is 12.3. The van der Waals surface area contributed by atoms with Gasteiger partial charge in [-0.25, -0.2) is 3.17 Å². The molecule has 0 bridgehead atoms. The van der Waals surface area contributed by atoms with Crippen LogP contribution in [0.25, 0.3) is 17.4 Å². The summed E-state index contributed by atoms with van der Waals surface area (Å²) in [6, 6.07) is 9.97. The number of thiocarbonyl (C=S) groups is 1. The third kappa shape index (κ3) is 4.50. The molecule has 140 valence electrons. The Hall–Kier alpha value is -1.93. The lowest BCUT2D eigenvalue weighted by atomic mass is 10.1. The maximum Gasteiger partial charge on any atom is 0.323 e. The second-order valence-corrected chi connectivity index (χ2v) is 7.31. The molecule has 0 aliphatic carbocycles. The number of halogens is 1. The fourth-order valence-corrected chi connectivity index (χ4v) is 3.74. The van der Waals surface area contributed by atoms with Gasteiger partial charge in [-0.2, -0.15) is 0 Å². The van der Waals surface area contributed by atoms with Gasteiger partial charge in [0.15, 0.2) is 0 Å². The Morgan fingerprint density at radius 2 is 2.07 bits per heavy atom. The van der Waals surface area contributed by atoms with E-state index in [4.69, 9.17) is 21.7 Å². The van der Waals surface area contributed by atoms with Crippen LogP contribution in [0.2, 0.25) is 0 Å². The summed E-state index contributed by atoms with van der Waals surface area (Å²) in [6.45, 7) is -0.477. The van der Waals surface area contributed by atoms with Crippen molar-refractivity contribution < 1.29 is 22.3 Å². The average Bonchev–Trinajstić information content (AvgIpc) is 3.21. The van der Waals surface area contributed by atoms with Crippen LogP contribution in [0.4, 0.5) is 5.69 Å². The number of hydrogen-bond acceptors (Lipinski definition) is 8. The molecule has 27 heavy (non-hydrogen) atoms. The first-order valence-corrected chi connectivity index (χ1v) is 9.43. The van der Waals surface area contributed by atoms with Crippen LogP contribution in [0.5, 0.6) is 0 Å². The van der Waals surface area contributed by atoms with Crippen LogP contribution in [0, 0.1) is 5.21 Å². The van der Waals surface area contributed by atoms with Gasteiger partial charge in [0, 0.05) is 11.6 Å². The molecule has 2 heterocycles. The molecule has 1 aromatic carbocycles. The molecular weight excluding hydrogens is 507 g/mol. The average molecular weight is 517 g/mol. The normalized spacial score (nSPS) is 15.6. The van der Waals surface area contributed by atoms with Crippen molar-refractivity contribution in [2.45, 2.75) is 0 Å². The fourth-order valence-electron chi connectivity index (χ4n) is 2.27. The van der Waals surface area contributed by atoms with E-state index in [9.17, 15) is 14.8 Å². The first kappa shape index (κ1) is 19.8. The molecule has 0 spiro atoms. The van der Waals surface area contributed by atoms with Crippen LogP contribution in [0.3, 0.4) is 0 Å². The number of carbonyl (C=O) groups is 2. The lowest BCUT2D eigenvalue weighted by Gasteiger charge is -2.24. The molecule has 11 heteroatoms. The smallest absolute Gasteiger partial charge is 0.323 e. The summed E-state index contributed by atoms with van der Waals surface area (Å²) in [4.78, 5) is 24.4. The highest BCUT2D eigenvalue weighted by Gasteiger charge is 2.33. The zero-order valence-corrected chi connectivity index (χ0v) is 17.1. The lowest BCUT2D eigenvalue weighted by molar-refractivity contribution is -0.140. The molecular formula is C16H10IN2O6S2-. The van der Waals surface area contributed by atoms with E-state index in [1.54, 1.807) is 36.4 Å². The Labute approximate surface area is 177 Å². The summed E-state index contributed by atoms with van der Waals surface area (Å²) < 4.78 is 10.4. The minimum Gasteiger partial charge on any atom is -0.733 e. The minimum absolute atomic E-state index is 0.190. The molecule has 3 rings (SSSR count). The Morgan fingerprint density at radius 1 is 1.37 bits per heavy atom. The summed E-state index contributed by atoms with van der Waals surface area (Å²) in [5.41, 5.74) is 1.07. The van der Waals surface area contributed by atoms with E-state index in [-0.39, 0.29) is 4.32 Å². The number of anilines is 1. The van der Waals surface area contributed by atoms with Crippen molar-refractivity contribution in [1.82, 2.24) is 4.90 Å². The van der Waals surface area contributed by atoms with Crippen molar-refractivity contribution in [3.63, 3.8) is 0 Å². The summed E-state index contributed by atoms with van der Waals surface area (Å²) >= 11 is 7.56. The molecule has 1 N–H and O–H groups in total. The second-order valence-electron chi connectivity index (χ2n) is 5.24. The quantitative estimate of drug-likeness (QED) is 0.265. The van der Waals surface area contributed by atoms with E-state index in [1.165, 1.54) is 29.1 Å². The Kier molecular flexibility index (Phi) is 6.16. The predicted molar refractivity (Wildman–Crippen MR) is 113 cm³/mol. The number of nitrogens with zero attached hydrogens (tertiary/aromatic N) is 2. The Balaban J connectivity index is 1.78. The fraction of sp³-hybridized carbons (Fsp3) is 0.0625. The number of thioether (sulfide) groups is 1. The summed E-state index contributed by atoms with van der Waals surface area (Å²) in [5.74, 6) is -0.641. The highest BCUT2D eigenvalue weighted by Crippen LogP contribution is 2.33. The van der Waals surface area contributed by atoms with Crippen molar-refractivity contribution >= 4 is 74.9 Å². The van der Waals surface area contributed by atoms with Gasteiger partial charge in [0.2, 0.25) is 0 Å². The van der Waals surface area contributed by atoms with E-state index in [0.717, 1.165) is 22.2 Å². The van der Waals surface area contributed by atoms with Gasteiger partial charge in [-0.05, 0) is 36.4 Å². The van der Waals surface area contributed by atoms with E-state index in [0.29, 0.717) is 27.3 Å². The van der Waals surface area contributed by atoms with Crippen molar-refractivity contribution in [3.8, 4) is 11.3 Å². The summed E-state index contributed by atoms with van der Waals surface area (Å²) in [7, 11) is 0. The van der Waals surface area contributed by atoms with Gasteiger partial charge in [0.1, 0.15) is 45.4 Å². The van der Waals surface area contributed by atoms with Gasteiger partial charge in [-0.15, -0.1) is 0 Å². The molecule has 0 atom stereocenters. The molecule has 1 aliphatic heterocycles. The second kappa shape index (κ2) is 8.39. The van der Waals surface area contributed by atoms with Crippen LogP contribution in [0.15, 0.2) is 45.7 Å². The monoisotopic (exact) mass is 517 g/mol. The molecule has 1 aromatic heterocycles. The van der Waals surface area contributed by atoms with E-state index in [2.05, 4.69) is 3.17 Å². The number of furan rings is 1. The SMILES string of the molecule is O=C(O)CN1C(=O)/C(=C\c2ccc(-c3ccc(N([O-])OI)cc3)o2)SC1=S. The molecule has 8 nitrogen and oxygen atoms in total. The number of hydrogen-bond donors (Lipinski definition) is 1. The number of carboxylic acids is 1. The molecule has 0 saturated carbocycles. The Bertz CT molecular complexity index is 927. The maximum absolute atomic E-state index is 12.3. The highest BCUT2D eigenvalue weighted by atomic mass is 127. The van der Waals surface area contributed by atoms with Crippen molar-refractivity contribution in [2.24, 2.45) is 0 Å². The van der Waals surface area contributed by atoms with Gasteiger partial charge in [-0.3, -0.25) is 14.5 Å². The van der Waals surface area contributed by atoms with Crippen LogP contribution < -0.4 is 5.23 Å². The third-order valence-electron chi connectivity index (χ3n) is 3.49. The number of carbonyl (C=O) groups excluding carboxylic acids is 1. The van der Waals surface area contributed by atoms with Crippen LogP contribution in [-0.4, -0.2) is 32.7 Å². The number of amides is 1. The molecule has 1 fully saturated rings. The molecule has 1 saturated heterocycles. The number of aliphatic carboxylic acids is 1. The number of rotatable bonds is 6. The lowest BCUT2D eigenvalue weighted by Crippen LogP contribution is -2.33. The van der Waals surface area contributed by atoms with Crippen LogP contribution in [0.1, 0.15) is 5.76 Å². The van der Waals surface area contributed by atoms with Gasteiger partial charge in [-0.1, -0.05) is 24.0 Å². The first-order valence-electron chi connectivity index (χ1n) is 7.32. The zero-order valence-electron chi connectivity index (χ0n) is 13.3. The van der Waals surface area contributed by atoms with Crippen molar-refractivity contribution in [3.05, 3.63) is 52.3 Å². The molecule has 0 unspecified atom stereocenters. The van der Waals surface area contributed by atoms with Crippen molar-refractivity contribution in [2.75, 3.05) is 11.8 Å². The molecule has 0 radical (unpaired) electrons. The predicted octanol–water partition coefficient (Wildman–Crippen LogP) is 3.82. The van der Waals surface area contributed by atoms with Gasteiger partial charge in [0.25, 0.3) is 5.91 Å². The zero-order chi connectivity index (χ0) is 19.6. The van der Waals surface area contributed by atoms with Crippen molar-refractivity contribution in [1.29, 1.82) is 0 Å². The van der Waals surface area contributed by atoms with Gasteiger partial charge < -0.3 is 20.0 Å². The van der Waals surface area contributed by atoms with E-state index < -0.39 is 18.4 Å². The Morgan fingerprint density at radius 3 is 2.70 bits per heavy atom. The van der Waals surface area contributed by atoms with Crippen LogP contribution in [-0.2, 0) is 12.8 Å². The van der Waals surface area contributed by atoms with Gasteiger partial charge >= 0.3 is 5.97 Å². The highest BCUT2D eigenvalue weighted by molar-refractivity contribution is 14.1. The minimum atomic E-state index is -1.14. The largest absolute Gasteiger partial charge is 0.733 e. The standard InChI is InChI=1S/C16H10IN2O6S2/c17-25-19(23)10-3-1-9(2-4-10)12-6-5-11(24-12)7-13-15(22)18(8-14(20)21)16(26)27-13/h1-7H,8H2,(H,20,21)/q-1/b13-7+. The van der Waals surface area contributed by atoms with Crippen LogP contribution >= 0.6 is 47.0 Å². The molecule has 1 aliphatic rings. The van der Waals surface area contributed by atoms with Gasteiger partial charge in [0.05, 0.1) is 10.6 Å². The summed E-state index contributed by atoms with van der Waals surface area (Å²) in [5, 5.41) is 20.6. The molecule has 1 amide bonds.